The molecule has 0 spiro atoms. The average Bonchev–Trinajstić information content (AvgIpc) is 1.68. The van der Waals surface area contributed by atoms with Gasteiger partial charge in [0.25, 0.3) is 5.91 Å². The van der Waals surface area contributed by atoms with E-state index in [0.29, 0.717) is 0 Å². The molecule has 0 heterocycles. The lowest BCUT2D eigenvalue weighted by atomic mass is 10.7. The molecule has 39 valence electrons. The molecular weight excluding hydrogens is 101 g/mol. The summed E-state index contributed by atoms with van der Waals surface area (Å²) in [5, 5.41) is 1.48. The van der Waals surface area contributed by atoms with E-state index in [2.05, 4.69) is 0 Å². The minimum Gasteiger partial charge on any atom is -0.286 e. The van der Waals surface area contributed by atoms with Crippen LogP contribution in [-0.2, 0) is 9.59 Å². The normalized spacial score (nSPS) is 7.57. The predicted octanol–water partition coefficient (Wildman–Crippen LogP) is -0.861. The Labute approximate surface area is 39.5 Å². The zero-order valence-corrected chi connectivity index (χ0v) is 3.40. The van der Waals surface area contributed by atoms with E-state index in [1.165, 1.54) is 5.32 Å². The van der Waals surface area contributed by atoms with E-state index in [9.17, 15) is 9.18 Å². The summed E-state index contributed by atoms with van der Waals surface area (Å²) in [6.45, 7) is -1.17. The molecule has 0 atom stereocenters. The third-order valence-electron chi connectivity index (χ3n) is 0.312. The molecule has 4 heteroatoms. The number of carbonyl (C=O) groups excluding carboxylic acids is 2. The van der Waals surface area contributed by atoms with Gasteiger partial charge in [0.2, 0.25) is 0 Å². The first-order chi connectivity index (χ1) is 3.31. The van der Waals surface area contributed by atoms with Gasteiger partial charge in [-0.3, -0.25) is 14.9 Å². The first-order valence-electron chi connectivity index (χ1n) is 1.53. The minimum atomic E-state index is -1.17. The number of nitrogens with one attached hydrogen (secondary N) is 1. The number of halogens is 1. The highest BCUT2D eigenvalue weighted by Crippen LogP contribution is 1.62. The molecule has 7 heavy (non-hydrogen) atoms. The van der Waals surface area contributed by atoms with Crippen molar-refractivity contribution in [2.24, 2.45) is 0 Å². The van der Waals surface area contributed by atoms with Crippen molar-refractivity contribution in [3.05, 3.63) is 0 Å². The van der Waals surface area contributed by atoms with Crippen LogP contribution in [0.5, 0.6) is 0 Å². The summed E-state index contributed by atoms with van der Waals surface area (Å²) in [6.07, 6.45) is 1.03. The number of hydrogen-bond acceptors (Lipinski definition) is 2. The largest absolute Gasteiger partial charge is 0.316 e. The third kappa shape index (κ3) is 2.88. The second-order valence-electron chi connectivity index (χ2n) is 0.784. The van der Waals surface area contributed by atoms with E-state index in [1.807, 2.05) is 0 Å². The van der Waals surface area contributed by atoms with Gasteiger partial charge in [0.1, 0.15) is 0 Å². The molecule has 2 amide bonds. The van der Waals surface area contributed by atoms with Gasteiger partial charge in [-0.2, -0.15) is 0 Å². The van der Waals surface area contributed by atoms with Crippen molar-refractivity contribution < 1.29 is 14.0 Å². The molecule has 0 aromatic rings. The number of imide groups is 1. The van der Waals surface area contributed by atoms with E-state index in [-0.39, 0.29) is 0 Å². The Morgan fingerprint density at radius 2 is 2.43 bits per heavy atom. The zero-order valence-electron chi connectivity index (χ0n) is 3.40. The van der Waals surface area contributed by atoms with Crippen LogP contribution in [0.15, 0.2) is 0 Å². The lowest BCUT2D eigenvalue weighted by Gasteiger charge is -1.82. The Kier molecular flexibility index (Phi) is 2.83. The van der Waals surface area contributed by atoms with Crippen molar-refractivity contribution in [3.8, 4) is 0 Å². The van der Waals surface area contributed by atoms with Crippen LogP contribution in [0.25, 0.3) is 0 Å². The lowest BCUT2D eigenvalue weighted by Crippen LogP contribution is -2.22. The van der Waals surface area contributed by atoms with Crippen molar-refractivity contribution in [1.82, 2.24) is 5.32 Å². The van der Waals surface area contributed by atoms with Crippen LogP contribution in [0.3, 0.4) is 0 Å². The number of amides is 2. The first-order valence-corrected chi connectivity index (χ1v) is 1.53. The molecule has 0 aliphatic carbocycles. The van der Waals surface area contributed by atoms with E-state index in [4.69, 9.17) is 4.79 Å². The molecule has 0 aromatic carbocycles. The summed E-state index contributed by atoms with van der Waals surface area (Å²) in [5.74, 6) is -0.963. The monoisotopic (exact) mass is 104 g/mol. The second-order valence-corrected chi connectivity index (χ2v) is 0.784. The lowest BCUT2D eigenvalue weighted by molar-refractivity contribution is -0.120. The van der Waals surface area contributed by atoms with Crippen LogP contribution in [0.2, 0.25) is 0 Å². The van der Waals surface area contributed by atoms with Gasteiger partial charge >= 0.3 is 6.41 Å². The van der Waals surface area contributed by atoms with Gasteiger partial charge in [0.15, 0.2) is 6.67 Å². The Morgan fingerprint density at radius 1 is 1.86 bits per heavy atom. The number of hydrogen-bond donors (Lipinski definition) is 1. The van der Waals surface area contributed by atoms with Gasteiger partial charge < -0.3 is 0 Å². The van der Waals surface area contributed by atoms with Crippen LogP contribution < -0.4 is 5.32 Å². The predicted molar refractivity (Wildman–Crippen MR) is 19.8 cm³/mol. The van der Waals surface area contributed by atoms with Crippen molar-refractivity contribution in [2.75, 3.05) is 6.67 Å². The van der Waals surface area contributed by atoms with E-state index in [1.54, 1.807) is 0 Å². The van der Waals surface area contributed by atoms with Gasteiger partial charge in [-0.25, -0.2) is 4.39 Å². The molecule has 0 saturated heterocycles. The van der Waals surface area contributed by atoms with E-state index < -0.39 is 12.6 Å². The van der Waals surface area contributed by atoms with Gasteiger partial charge in [0.05, 0.1) is 0 Å². The summed E-state index contributed by atoms with van der Waals surface area (Å²) in [5.41, 5.74) is 0. The molecule has 1 N–H and O–H groups in total. The maximum Gasteiger partial charge on any atom is 0.316 e. The van der Waals surface area contributed by atoms with Crippen LogP contribution in [0, 0.1) is 0 Å². The van der Waals surface area contributed by atoms with Crippen molar-refractivity contribution in [1.29, 1.82) is 0 Å². The Balaban J connectivity index is 3.17. The number of rotatable bonds is 2. The van der Waals surface area contributed by atoms with Crippen LogP contribution in [0.4, 0.5) is 4.39 Å². The highest BCUT2D eigenvalue weighted by Gasteiger charge is 1.93. The SMILES string of the molecule is O=[C]NC(=O)CF. The Hall–Kier alpha value is -0.930. The first kappa shape index (κ1) is 6.07. The fraction of sp³-hybridized carbons (Fsp3) is 0.333. The summed E-state index contributed by atoms with van der Waals surface area (Å²) < 4.78 is 11.0. The number of alkyl halides is 1. The molecule has 1 radical (unpaired) electrons. The second kappa shape index (κ2) is 3.27. The molecule has 0 unspecified atom stereocenters. The highest BCUT2D eigenvalue weighted by molar-refractivity contribution is 5.86. The van der Waals surface area contributed by atoms with Crippen LogP contribution in [-0.4, -0.2) is 19.0 Å². The highest BCUT2D eigenvalue weighted by atomic mass is 19.1. The summed E-state index contributed by atoms with van der Waals surface area (Å²) >= 11 is 0. The Bertz CT molecular complexity index is 83.0. The molecule has 0 saturated carbocycles. The molecule has 0 aromatic heterocycles. The molecule has 0 aliphatic heterocycles. The molecule has 3 nitrogen and oxygen atoms in total. The van der Waals surface area contributed by atoms with Crippen molar-refractivity contribution in [2.45, 2.75) is 0 Å². The van der Waals surface area contributed by atoms with Gasteiger partial charge in [-0.05, 0) is 0 Å². The average molecular weight is 104 g/mol. The number of carbonyl (C=O) groups is 1. The molecule has 0 rings (SSSR count). The summed E-state index contributed by atoms with van der Waals surface area (Å²) in [4.78, 5) is 18.8. The smallest absolute Gasteiger partial charge is 0.286 e. The van der Waals surface area contributed by atoms with Crippen LogP contribution >= 0.6 is 0 Å². The quantitative estimate of drug-likeness (QED) is 0.463. The van der Waals surface area contributed by atoms with Gasteiger partial charge in [-0.1, -0.05) is 0 Å². The molecule has 0 bridgehead atoms. The van der Waals surface area contributed by atoms with Crippen molar-refractivity contribution in [3.63, 3.8) is 0 Å². The Morgan fingerprint density at radius 3 is 2.57 bits per heavy atom. The zero-order chi connectivity index (χ0) is 5.70. The summed E-state index contributed by atoms with van der Waals surface area (Å²) in [7, 11) is 0. The fourth-order valence-corrected chi connectivity index (χ4v) is 0.0903. The topological polar surface area (TPSA) is 46.2 Å². The van der Waals surface area contributed by atoms with E-state index in [0.717, 1.165) is 6.41 Å². The summed E-state index contributed by atoms with van der Waals surface area (Å²) in [6, 6.07) is 0. The fourth-order valence-electron chi connectivity index (χ4n) is 0.0903. The van der Waals surface area contributed by atoms with Gasteiger partial charge in [-0.15, -0.1) is 0 Å². The molecule has 0 fully saturated rings. The maximum atomic E-state index is 11.0. The van der Waals surface area contributed by atoms with E-state index >= 15 is 0 Å². The van der Waals surface area contributed by atoms with Crippen LogP contribution in [0.1, 0.15) is 0 Å². The van der Waals surface area contributed by atoms with Crippen molar-refractivity contribution >= 4 is 12.3 Å². The maximum absolute atomic E-state index is 11.0. The minimum absolute atomic E-state index is 0.963. The third-order valence-corrected chi connectivity index (χ3v) is 0.312. The molecule has 0 aliphatic rings. The standard InChI is InChI=1S/C3H3FNO2/c4-1-3(7)5-2-6/h1H2,(H,5,6,7). The molecular formula is C3H3FNO2. The van der Waals surface area contributed by atoms with Gasteiger partial charge in [0, 0.05) is 0 Å².